The summed E-state index contributed by atoms with van der Waals surface area (Å²) in [6.45, 7) is 8.48. The molecule has 31 heavy (non-hydrogen) atoms. The minimum Gasteiger partial charge on any atom is -0.331 e. The Bertz CT molecular complexity index is 1090. The van der Waals surface area contributed by atoms with Gasteiger partial charge in [0.25, 0.3) is 0 Å². The first kappa shape index (κ1) is 23.9. The highest BCUT2D eigenvalue weighted by atomic mass is 35.5. The van der Waals surface area contributed by atoms with Crippen LogP contribution in [0.25, 0.3) is 11.0 Å². The van der Waals surface area contributed by atoms with Crippen LogP contribution in [-0.2, 0) is 26.2 Å². The van der Waals surface area contributed by atoms with E-state index in [1.165, 1.54) is 0 Å². The lowest BCUT2D eigenvalue weighted by atomic mass is 10.1. The van der Waals surface area contributed by atoms with Crippen LogP contribution >= 0.6 is 23.2 Å². The highest BCUT2D eigenvalue weighted by molar-refractivity contribution is 6.36. The minimum absolute atomic E-state index is 0.331. The van der Waals surface area contributed by atoms with E-state index < -0.39 is 11.7 Å². The van der Waals surface area contributed by atoms with Crippen molar-refractivity contribution >= 4 is 34.2 Å². The molecule has 0 aliphatic heterocycles. The van der Waals surface area contributed by atoms with Crippen molar-refractivity contribution in [3.8, 4) is 0 Å². The van der Waals surface area contributed by atoms with Gasteiger partial charge in [0.05, 0.1) is 21.6 Å². The van der Waals surface area contributed by atoms with Crippen molar-refractivity contribution in [1.82, 2.24) is 14.5 Å². The number of imidazole rings is 1. The zero-order valence-electron chi connectivity index (χ0n) is 18.1. The maximum atomic E-state index is 13.3. The zero-order chi connectivity index (χ0) is 22.9. The Balaban J connectivity index is 2.01. The second kappa shape index (κ2) is 9.39. The second-order valence-electron chi connectivity index (χ2n) is 7.79. The van der Waals surface area contributed by atoms with Gasteiger partial charge in [0.15, 0.2) is 0 Å². The van der Waals surface area contributed by atoms with Crippen molar-refractivity contribution in [1.29, 1.82) is 0 Å². The molecule has 0 aliphatic rings. The Morgan fingerprint density at radius 1 is 1.13 bits per heavy atom. The lowest BCUT2D eigenvalue weighted by molar-refractivity contribution is -0.137. The van der Waals surface area contributed by atoms with Crippen molar-refractivity contribution in [3.63, 3.8) is 0 Å². The quantitative estimate of drug-likeness (QED) is 0.368. The van der Waals surface area contributed by atoms with E-state index in [1.807, 2.05) is 12.1 Å². The molecule has 1 aromatic heterocycles. The molecule has 0 amide bonds. The molecule has 0 atom stereocenters. The van der Waals surface area contributed by atoms with Gasteiger partial charge >= 0.3 is 6.18 Å². The van der Waals surface area contributed by atoms with Gasteiger partial charge in [-0.15, -0.1) is 0 Å². The highest BCUT2D eigenvalue weighted by Crippen LogP contribution is 2.35. The van der Waals surface area contributed by atoms with Crippen molar-refractivity contribution in [3.05, 3.63) is 62.4 Å². The Labute approximate surface area is 190 Å². The topological polar surface area (TPSA) is 21.1 Å². The van der Waals surface area contributed by atoms with Crippen LogP contribution in [0.5, 0.6) is 0 Å². The van der Waals surface area contributed by atoms with Crippen LogP contribution in [0.15, 0.2) is 24.3 Å². The molecule has 8 heteroatoms. The maximum absolute atomic E-state index is 13.3. The Kier molecular flexibility index (Phi) is 7.24. The number of rotatable bonds is 7. The first-order valence-electron chi connectivity index (χ1n) is 10.3. The summed E-state index contributed by atoms with van der Waals surface area (Å²) in [7, 11) is 1.72. The number of nitrogens with zero attached hydrogens (tertiary/aromatic N) is 3. The highest BCUT2D eigenvalue weighted by Gasteiger charge is 2.32. The first-order chi connectivity index (χ1) is 14.6. The molecule has 1 heterocycles. The van der Waals surface area contributed by atoms with Crippen LogP contribution in [0.4, 0.5) is 13.2 Å². The van der Waals surface area contributed by atoms with E-state index >= 15 is 0 Å². The summed E-state index contributed by atoms with van der Waals surface area (Å²) in [5, 5.41) is 1.11. The van der Waals surface area contributed by atoms with Gasteiger partial charge in [-0.2, -0.15) is 13.2 Å². The third kappa shape index (κ3) is 5.02. The van der Waals surface area contributed by atoms with E-state index in [4.69, 9.17) is 23.2 Å². The molecule has 0 radical (unpaired) electrons. The fourth-order valence-electron chi connectivity index (χ4n) is 3.82. The summed E-state index contributed by atoms with van der Waals surface area (Å²) >= 11 is 13.2. The molecule has 3 rings (SSSR count). The molecule has 0 saturated heterocycles. The van der Waals surface area contributed by atoms with Gasteiger partial charge in [0.2, 0.25) is 0 Å². The van der Waals surface area contributed by atoms with Gasteiger partial charge in [-0.3, -0.25) is 4.90 Å². The lowest BCUT2D eigenvalue weighted by Crippen LogP contribution is -2.23. The van der Waals surface area contributed by atoms with Gasteiger partial charge in [0, 0.05) is 25.0 Å². The maximum Gasteiger partial charge on any atom is 0.416 e. The molecule has 0 N–H and O–H groups in total. The van der Waals surface area contributed by atoms with E-state index in [9.17, 15) is 13.2 Å². The SMILES string of the molecule is CCCN(CC)Cc1ccc(Cl)c(Cc2nc3c(C)cc(C(F)(F)F)cc3n2C)c1Cl. The van der Waals surface area contributed by atoms with Crippen LogP contribution in [0.2, 0.25) is 10.0 Å². The van der Waals surface area contributed by atoms with Gasteiger partial charge < -0.3 is 4.57 Å². The number of alkyl halides is 3. The molecule has 0 bridgehead atoms. The molecule has 0 spiro atoms. The van der Waals surface area contributed by atoms with Gasteiger partial charge in [-0.05, 0) is 61.3 Å². The summed E-state index contributed by atoms with van der Waals surface area (Å²) in [5.41, 5.74) is 2.50. The van der Waals surface area contributed by atoms with Crippen LogP contribution in [0.3, 0.4) is 0 Å². The van der Waals surface area contributed by atoms with Crippen LogP contribution in [-0.4, -0.2) is 27.5 Å². The van der Waals surface area contributed by atoms with Crippen LogP contribution in [0.1, 0.15) is 48.3 Å². The van der Waals surface area contributed by atoms with Crippen molar-refractivity contribution < 1.29 is 13.2 Å². The number of fused-ring (bicyclic) bond motifs is 1. The number of benzene rings is 2. The average molecular weight is 472 g/mol. The first-order valence-corrected chi connectivity index (χ1v) is 11.0. The predicted molar refractivity (Wildman–Crippen MR) is 121 cm³/mol. The van der Waals surface area contributed by atoms with Crippen molar-refractivity contribution in [2.75, 3.05) is 13.1 Å². The minimum atomic E-state index is -4.41. The van der Waals surface area contributed by atoms with E-state index in [1.54, 1.807) is 18.5 Å². The molecule has 0 aliphatic carbocycles. The molecule has 0 fully saturated rings. The third-order valence-corrected chi connectivity index (χ3v) is 6.40. The Morgan fingerprint density at radius 3 is 2.45 bits per heavy atom. The van der Waals surface area contributed by atoms with E-state index in [-0.39, 0.29) is 0 Å². The molecular weight excluding hydrogens is 446 g/mol. The second-order valence-corrected chi connectivity index (χ2v) is 8.58. The zero-order valence-corrected chi connectivity index (χ0v) is 19.6. The van der Waals surface area contributed by atoms with E-state index in [2.05, 4.69) is 23.7 Å². The Hall–Kier alpha value is -1.76. The number of aryl methyl sites for hydroxylation is 2. The number of hydrogen-bond acceptors (Lipinski definition) is 2. The fourth-order valence-corrected chi connectivity index (χ4v) is 4.39. The molecule has 168 valence electrons. The predicted octanol–water partition coefficient (Wildman–Crippen LogP) is 7.03. The molecular formula is C23H26Cl2F3N3. The molecule has 2 aromatic carbocycles. The van der Waals surface area contributed by atoms with E-state index in [0.29, 0.717) is 45.4 Å². The Morgan fingerprint density at radius 2 is 1.84 bits per heavy atom. The summed E-state index contributed by atoms with van der Waals surface area (Å²) in [5.74, 6) is 0.610. The standard InChI is InChI=1S/C23H26Cl2F3N3/c1-5-9-31(6-2)13-15-7-8-18(24)17(21(15)25)12-20-29-22-14(3)10-16(23(26,27)28)11-19(22)30(20)4/h7-8,10-11H,5-6,9,12-13H2,1-4H3. The average Bonchev–Trinajstić information content (AvgIpc) is 3.02. The monoisotopic (exact) mass is 471 g/mol. The van der Waals surface area contributed by atoms with Crippen molar-refractivity contribution in [2.24, 2.45) is 7.05 Å². The molecule has 3 nitrogen and oxygen atoms in total. The fraction of sp³-hybridized carbons (Fsp3) is 0.435. The summed E-state index contributed by atoms with van der Waals surface area (Å²) < 4.78 is 41.4. The molecule has 0 saturated carbocycles. The smallest absolute Gasteiger partial charge is 0.331 e. The molecule has 3 aromatic rings. The van der Waals surface area contributed by atoms with Gasteiger partial charge in [0.1, 0.15) is 5.82 Å². The lowest BCUT2D eigenvalue weighted by Gasteiger charge is -2.21. The number of halogens is 5. The van der Waals surface area contributed by atoms with Gasteiger partial charge in [-0.25, -0.2) is 4.98 Å². The molecule has 0 unspecified atom stereocenters. The van der Waals surface area contributed by atoms with Gasteiger partial charge in [-0.1, -0.05) is 43.1 Å². The number of aromatic nitrogens is 2. The number of hydrogen-bond donors (Lipinski definition) is 0. The van der Waals surface area contributed by atoms with Crippen LogP contribution < -0.4 is 0 Å². The summed E-state index contributed by atoms with van der Waals surface area (Å²) in [6, 6.07) is 6.03. The normalized spacial score (nSPS) is 12.3. The van der Waals surface area contributed by atoms with Crippen molar-refractivity contribution in [2.45, 2.75) is 46.3 Å². The van der Waals surface area contributed by atoms with E-state index in [0.717, 1.165) is 42.8 Å². The largest absolute Gasteiger partial charge is 0.416 e. The summed E-state index contributed by atoms with van der Waals surface area (Å²) in [4.78, 5) is 6.92. The third-order valence-electron chi connectivity index (χ3n) is 5.58. The summed E-state index contributed by atoms with van der Waals surface area (Å²) in [6.07, 6.45) is -3.03. The van der Waals surface area contributed by atoms with Crippen LogP contribution in [0, 0.1) is 6.92 Å².